The smallest absolute Gasteiger partial charge is 0.141 e. The second-order valence-corrected chi connectivity index (χ2v) is 5.40. The summed E-state index contributed by atoms with van der Waals surface area (Å²) in [6.45, 7) is 4.37. The van der Waals surface area contributed by atoms with Crippen molar-refractivity contribution < 1.29 is 0 Å². The first-order valence-corrected chi connectivity index (χ1v) is 7.01. The predicted molar refractivity (Wildman–Crippen MR) is 87.8 cm³/mol. The Morgan fingerprint density at radius 3 is 2.48 bits per heavy atom. The zero-order valence-corrected chi connectivity index (χ0v) is 12.2. The second-order valence-electron chi connectivity index (χ2n) is 5.40. The number of benzene rings is 2. The molecule has 0 atom stereocenters. The molecule has 0 spiro atoms. The molecule has 3 rings (SSSR count). The molecular formula is C17H18N4. The molecule has 0 bridgehead atoms. The van der Waals surface area contributed by atoms with Crippen LogP contribution in [0.3, 0.4) is 0 Å². The Hall–Kier alpha value is -2.62. The number of nitrogens with zero attached hydrogens (tertiary/aromatic N) is 2. The monoisotopic (exact) mass is 278 g/mol. The van der Waals surface area contributed by atoms with E-state index in [0.29, 0.717) is 11.6 Å². The summed E-state index contributed by atoms with van der Waals surface area (Å²) in [5, 5.41) is 4.30. The molecule has 2 aromatic carbocycles. The molecule has 0 saturated carbocycles. The first kappa shape index (κ1) is 13.4. The maximum atomic E-state index is 5.79. The maximum Gasteiger partial charge on any atom is 0.141 e. The molecule has 0 aliphatic heterocycles. The van der Waals surface area contributed by atoms with Crippen LogP contribution in [0.2, 0.25) is 0 Å². The van der Waals surface area contributed by atoms with Gasteiger partial charge in [0, 0.05) is 16.8 Å². The summed E-state index contributed by atoms with van der Waals surface area (Å²) in [6, 6.07) is 14.1. The molecular weight excluding hydrogens is 260 g/mol. The van der Waals surface area contributed by atoms with Crippen molar-refractivity contribution >= 4 is 28.1 Å². The van der Waals surface area contributed by atoms with Gasteiger partial charge in [-0.25, -0.2) is 9.97 Å². The molecule has 0 unspecified atom stereocenters. The summed E-state index contributed by atoms with van der Waals surface area (Å²) in [4.78, 5) is 8.58. The molecule has 0 aliphatic carbocycles. The number of hydrogen-bond donors (Lipinski definition) is 2. The first-order chi connectivity index (χ1) is 10.1. The van der Waals surface area contributed by atoms with Crippen LogP contribution in [0.15, 0.2) is 48.8 Å². The van der Waals surface area contributed by atoms with Crippen LogP contribution in [0, 0.1) is 0 Å². The van der Waals surface area contributed by atoms with Crippen LogP contribution in [0.5, 0.6) is 0 Å². The van der Waals surface area contributed by atoms with Gasteiger partial charge in [0.05, 0.1) is 5.52 Å². The maximum absolute atomic E-state index is 5.79. The lowest BCUT2D eigenvalue weighted by Crippen LogP contribution is -1.97. The minimum Gasteiger partial charge on any atom is -0.399 e. The fourth-order valence-corrected chi connectivity index (χ4v) is 2.26. The van der Waals surface area contributed by atoms with Gasteiger partial charge in [0.25, 0.3) is 0 Å². The van der Waals surface area contributed by atoms with Crippen molar-refractivity contribution in [1.29, 1.82) is 0 Å². The van der Waals surface area contributed by atoms with Crippen molar-refractivity contribution in [2.24, 2.45) is 0 Å². The third kappa shape index (κ3) is 2.79. The third-order valence-corrected chi connectivity index (χ3v) is 3.50. The van der Waals surface area contributed by atoms with Crippen LogP contribution in [0.4, 0.5) is 17.2 Å². The molecule has 4 heteroatoms. The van der Waals surface area contributed by atoms with E-state index in [9.17, 15) is 0 Å². The lowest BCUT2D eigenvalue weighted by molar-refractivity contribution is 0.867. The Labute approximate surface area is 124 Å². The Balaban J connectivity index is 1.94. The molecule has 3 aromatic rings. The SMILES string of the molecule is CC(C)c1ccc(Nc2ncnc3cc(N)ccc23)cc1. The van der Waals surface area contributed by atoms with Gasteiger partial charge in [-0.15, -0.1) is 0 Å². The van der Waals surface area contributed by atoms with Gasteiger partial charge in [-0.05, 0) is 41.8 Å². The standard InChI is InChI=1S/C17H18N4/c1-11(2)12-3-6-14(7-4-12)21-17-15-8-5-13(18)9-16(15)19-10-20-17/h3-11H,18H2,1-2H3,(H,19,20,21). The highest BCUT2D eigenvalue weighted by Gasteiger charge is 2.05. The number of fused-ring (bicyclic) bond motifs is 1. The van der Waals surface area contributed by atoms with E-state index >= 15 is 0 Å². The van der Waals surface area contributed by atoms with Gasteiger partial charge >= 0.3 is 0 Å². The highest BCUT2D eigenvalue weighted by molar-refractivity contribution is 5.92. The second kappa shape index (κ2) is 5.40. The molecule has 3 N–H and O–H groups in total. The van der Waals surface area contributed by atoms with Gasteiger partial charge in [-0.3, -0.25) is 0 Å². The summed E-state index contributed by atoms with van der Waals surface area (Å²) in [5.41, 5.74) is 9.66. The molecule has 0 radical (unpaired) electrons. The van der Waals surface area contributed by atoms with E-state index in [1.165, 1.54) is 5.56 Å². The van der Waals surface area contributed by atoms with Crippen LogP contribution in [0.1, 0.15) is 25.3 Å². The predicted octanol–water partition coefficient (Wildman–Crippen LogP) is 4.08. The van der Waals surface area contributed by atoms with Gasteiger partial charge in [-0.1, -0.05) is 26.0 Å². The summed E-state index contributed by atoms with van der Waals surface area (Å²) in [7, 11) is 0. The summed E-state index contributed by atoms with van der Waals surface area (Å²) < 4.78 is 0. The van der Waals surface area contributed by atoms with Gasteiger partial charge < -0.3 is 11.1 Å². The average Bonchev–Trinajstić information content (AvgIpc) is 2.47. The van der Waals surface area contributed by atoms with E-state index in [1.807, 2.05) is 18.2 Å². The van der Waals surface area contributed by atoms with Crippen LogP contribution in [-0.4, -0.2) is 9.97 Å². The zero-order valence-electron chi connectivity index (χ0n) is 12.2. The number of rotatable bonds is 3. The minimum absolute atomic E-state index is 0.530. The fraction of sp³-hybridized carbons (Fsp3) is 0.176. The van der Waals surface area contributed by atoms with Crippen LogP contribution >= 0.6 is 0 Å². The van der Waals surface area contributed by atoms with Crippen molar-refractivity contribution in [2.45, 2.75) is 19.8 Å². The quantitative estimate of drug-likeness (QED) is 0.709. The Morgan fingerprint density at radius 2 is 1.76 bits per heavy atom. The van der Waals surface area contributed by atoms with Gasteiger partial charge in [0.15, 0.2) is 0 Å². The van der Waals surface area contributed by atoms with Crippen molar-refractivity contribution in [3.63, 3.8) is 0 Å². The molecule has 4 nitrogen and oxygen atoms in total. The van der Waals surface area contributed by atoms with E-state index in [2.05, 4.69) is 53.4 Å². The average molecular weight is 278 g/mol. The van der Waals surface area contributed by atoms with E-state index in [-0.39, 0.29) is 0 Å². The van der Waals surface area contributed by atoms with E-state index in [4.69, 9.17) is 5.73 Å². The topological polar surface area (TPSA) is 63.8 Å². The molecule has 1 heterocycles. The molecule has 0 saturated heterocycles. The van der Waals surface area contributed by atoms with Crippen LogP contribution in [0.25, 0.3) is 10.9 Å². The summed E-state index contributed by atoms with van der Waals surface area (Å²) in [6.07, 6.45) is 1.55. The Bertz CT molecular complexity index is 763. The number of anilines is 3. The van der Waals surface area contributed by atoms with Gasteiger partial charge in [0.1, 0.15) is 12.1 Å². The van der Waals surface area contributed by atoms with Gasteiger partial charge in [0.2, 0.25) is 0 Å². The van der Waals surface area contributed by atoms with Crippen LogP contribution in [-0.2, 0) is 0 Å². The number of hydrogen-bond acceptors (Lipinski definition) is 4. The van der Waals surface area contributed by atoms with Crippen LogP contribution < -0.4 is 11.1 Å². The van der Waals surface area contributed by atoms with E-state index in [0.717, 1.165) is 22.4 Å². The number of aromatic nitrogens is 2. The lowest BCUT2D eigenvalue weighted by Gasteiger charge is -2.10. The van der Waals surface area contributed by atoms with Gasteiger partial charge in [-0.2, -0.15) is 0 Å². The summed E-state index contributed by atoms with van der Waals surface area (Å²) >= 11 is 0. The molecule has 106 valence electrons. The highest BCUT2D eigenvalue weighted by Crippen LogP contribution is 2.25. The molecule has 0 amide bonds. The minimum atomic E-state index is 0.530. The normalized spacial score (nSPS) is 11.0. The third-order valence-electron chi connectivity index (χ3n) is 3.50. The number of nitrogens with two attached hydrogens (primary N) is 1. The van der Waals surface area contributed by atoms with Crippen molar-refractivity contribution in [2.75, 3.05) is 11.1 Å². The zero-order chi connectivity index (χ0) is 14.8. The molecule has 0 fully saturated rings. The van der Waals surface area contributed by atoms with Crippen molar-refractivity contribution in [3.8, 4) is 0 Å². The number of nitrogen functional groups attached to an aromatic ring is 1. The summed E-state index contributed by atoms with van der Waals surface area (Å²) in [5.74, 6) is 1.32. The Kier molecular flexibility index (Phi) is 3.44. The molecule has 0 aliphatic rings. The Morgan fingerprint density at radius 1 is 1.00 bits per heavy atom. The molecule has 21 heavy (non-hydrogen) atoms. The lowest BCUT2D eigenvalue weighted by atomic mass is 10.0. The van der Waals surface area contributed by atoms with Crippen molar-refractivity contribution in [3.05, 3.63) is 54.4 Å². The molecule has 1 aromatic heterocycles. The largest absolute Gasteiger partial charge is 0.399 e. The fourth-order valence-electron chi connectivity index (χ4n) is 2.26. The van der Waals surface area contributed by atoms with E-state index < -0.39 is 0 Å². The first-order valence-electron chi connectivity index (χ1n) is 7.01. The van der Waals surface area contributed by atoms with Crippen molar-refractivity contribution in [1.82, 2.24) is 9.97 Å². The number of nitrogens with one attached hydrogen (secondary N) is 1. The van der Waals surface area contributed by atoms with E-state index in [1.54, 1.807) is 6.33 Å². The highest BCUT2D eigenvalue weighted by atomic mass is 15.0.